The molecule has 0 saturated carbocycles. The van der Waals surface area contributed by atoms with Crippen molar-refractivity contribution in [1.29, 1.82) is 0 Å². The number of hydrogen-bond donors (Lipinski definition) is 1. The number of hydrogen-bond acceptors (Lipinski definition) is 3. The number of nitrogens with zero attached hydrogens (tertiary/aromatic N) is 1. The normalized spacial score (nSPS) is 17.7. The lowest BCUT2D eigenvalue weighted by molar-refractivity contribution is -0.128. The molecule has 0 radical (unpaired) electrons. The number of benzene rings is 1. The quantitative estimate of drug-likeness (QED) is 0.862. The first-order valence-electron chi connectivity index (χ1n) is 6.63. The van der Waals surface area contributed by atoms with Crippen LogP contribution in [-0.2, 0) is 10.5 Å². The highest BCUT2D eigenvalue weighted by Crippen LogP contribution is 2.25. The van der Waals surface area contributed by atoms with Crippen molar-refractivity contribution in [3.8, 4) is 0 Å². The van der Waals surface area contributed by atoms with Crippen LogP contribution in [0.4, 0.5) is 0 Å². The molecule has 0 aromatic heterocycles. The number of likely N-dealkylation sites (tertiary alicyclic amines) is 1. The van der Waals surface area contributed by atoms with E-state index in [1.807, 2.05) is 17.0 Å². The van der Waals surface area contributed by atoms with E-state index >= 15 is 0 Å². The molecular weight excluding hydrogens is 351 g/mol. The van der Waals surface area contributed by atoms with Gasteiger partial charge in [-0.3, -0.25) is 4.79 Å². The van der Waals surface area contributed by atoms with Gasteiger partial charge in [-0.25, -0.2) is 0 Å². The summed E-state index contributed by atoms with van der Waals surface area (Å²) in [6, 6.07) is 5.67. The number of rotatable bonds is 5. The van der Waals surface area contributed by atoms with E-state index in [1.54, 1.807) is 17.8 Å². The summed E-state index contributed by atoms with van der Waals surface area (Å²) in [6.07, 6.45) is 2.08. The SMILES string of the molecule is Cl.NCC1CCCN1C(=O)CSCc1ccc(Cl)cc1Cl. The Labute approximate surface area is 145 Å². The standard InChI is InChI=1S/C14H18Cl2N2OS.ClH/c15-11-4-3-10(13(16)6-11)8-20-9-14(19)18-5-1-2-12(18)7-17;/h3-4,6,12H,1-2,5,7-9,17H2;1H. The van der Waals surface area contributed by atoms with E-state index in [2.05, 4.69) is 0 Å². The average molecular weight is 370 g/mol. The topological polar surface area (TPSA) is 46.3 Å². The van der Waals surface area contributed by atoms with Crippen molar-refractivity contribution in [2.45, 2.75) is 24.6 Å². The van der Waals surface area contributed by atoms with Gasteiger partial charge in [-0.15, -0.1) is 24.2 Å². The van der Waals surface area contributed by atoms with Crippen molar-refractivity contribution < 1.29 is 4.79 Å². The number of thioether (sulfide) groups is 1. The molecule has 1 aromatic rings. The van der Waals surface area contributed by atoms with Gasteiger partial charge in [0, 0.05) is 34.9 Å². The number of nitrogens with two attached hydrogens (primary N) is 1. The van der Waals surface area contributed by atoms with Crippen molar-refractivity contribution in [3.63, 3.8) is 0 Å². The monoisotopic (exact) mass is 368 g/mol. The molecule has 0 spiro atoms. The van der Waals surface area contributed by atoms with Crippen LogP contribution in [0.25, 0.3) is 0 Å². The van der Waals surface area contributed by atoms with Crippen molar-refractivity contribution in [2.24, 2.45) is 5.73 Å². The Morgan fingerprint density at radius 2 is 2.19 bits per heavy atom. The third-order valence-electron chi connectivity index (χ3n) is 3.47. The molecule has 1 aliphatic rings. The van der Waals surface area contributed by atoms with Crippen molar-refractivity contribution >= 4 is 53.3 Å². The Balaban J connectivity index is 0.00000220. The summed E-state index contributed by atoms with van der Waals surface area (Å²) in [5.41, 5.74) is 6.69. The zero-order valence-electron chi connectivity index (χ0n) is 11.6. The van der Waals surface area contributed by atoms with Crippen molar-refractivity contribution in [3.05, 3.63) is 33.8 Å². The lowest BCUT2D eigenvalue weighted by Crippen LogP contribution is -2.40. The van der Waals surface area contributed by atoms with Crippen LogP contribution in [0.1, 0.15) is 18.4 Å². The van der Waals surface area contributed by atoms with Gasteiger partial charge in [0.1, 0.15) is 0 Å². The molecule has 118 valence electrons. The summed E-state index contributed by atoms with van der Waals surface area (Å²) in [6.45, 7) is 1.39. The highest BCUT2D eigenvalue weighted by molar-refractivity contribution is 7.99. The molecule has 2 rings (SSSR count). The molecule has 0 bridgehead atoms. The van der Waals surface area contributed by atoms with Gasteiger partial charge in [0.15, 0.2) is 0 Å². The minimum Gasteiger partial charge on any atom is -0.338 e. The van der Waals surface area contributed by atoms with Gasteiger partial charge in [-0.05, 0) is 30.5 Å². The molecule has 1 saturated heterocycles. The van der Waals surface area contributed by atoms with E-state index in [4.69, 9.17) is 28.9 Å². The van der Waals surface area contributed by atoms with E-state index in [-0.39, 0.29) is 24.4 Å². The molecule has 1 atom stereocenters. The molecular formula is C14H19Cl3N2OS. The predicted molar refractivity (Wildman–Crippen MR) is 93.7 cm³/mol. The van der Waals surface area contributed by atoms with E-state index in [1.165, 1.54) is 0 Å². The van der Waals surface area contributed by atoms with Gasteiger partial charge in [0.05, 0.1) is 5.75 Å². The first-order chi connectivity index (χ1) is 9.61. The number of carbonyl (C=O) groups excluding carboxylic acids is 1. The van der Waals surface area contributed by atoms with E-state index in [9.17, 15) is 4.79 Å². The zero-order chi connectivity index (χ0) is 14.5. The summed E-state index contributed by atoms with van der Waals surface area (Å²) < 4.78 is 0. The fraction of sp³-hybridized carbons (Fsp3) is 0.500. The molecule has 1 aliphatic heterocycles. The van der Waals surface area contributed by atoms with Gasteiger partial charge >= 0.3 is 0 Å². The van der Waals surface area contributed by atoms with Crippen LogP contribution in [0.15, 0.2) is 18.2 Å². The second-order valence-electron chi connectivity index (χ2n) is 4.85. The molecule has 1 fully saturated rings. The second-order valence-corrected chi connectivity index (χ2v) is 6.68. The lowest BCUT2D eigenvalue weighted by Gasteiger charge is -2.23. The summed E-state index contributed by atoms with van der Waals surface area (Å²) in [5, 5.41) is 1.28. The summed E-state index contributed by atoms with van der Waals surface area (Å²) in [4.78, 5) is 14.1. The maximum Gasteiger partial charge on any atom is 0.232 e. The predicted octanol–water partition coefficient (Wildman–Crippen LogP) is 3.60. The number of carbonyl (C=O) groups is 1. The minimum absolute atomic E-state index is 0. The fourth-order valence-electron chi connectivity index (χ4n) is 2.38. The van der Waals surface area contributed by atoms with Crippen LogP contribution in [0.2, 0.25) is 10.0 Å². The van der Waals surface area contributed by atoms with Gasteiger partial charge in [0.2, 0.25) is 5.91 Å². The van der Waals surface area contributed by atoms with Crippen LogP contribution in [0.3, 0.4) is 0 Å². The van der Waals surface area contributed by atoms with Crippen molar-refractivity contribution in [1.82, 2.24) is 4.90 Å². The van der Waals surface area contributed by atoms with Crippen LogP contribution in [0.5, 0.6) is 0 Å². The van der Waals surface area contributed by atoms with E-state index in [0.717, 1.165) is 24.9 Å². The Morgan fingerprint density at radius 3 is 2.86 bits per heavy atom. The summed E-state index contributed by atoms with van der Waals surface area (Å²) in [5.74, 6) is 1.35. The number of halogens is 3. The highest BCUT2D eigenvalue weighted by atomic mass is 35.5. The summed E-state index contributed by atoms with van der Waals surface area (Å²) >= 11 is 13.5. The van der Waals surface area contributed by atoms with Gasteiger partial charge < -0.3 is 10.6 Å². The van der Waals surface area contributed by atoms with Gasteiger partial charge in [0.25, 0.3) is 0 Å². The maximum atomic E-state index is 12.1. The Morgan fingerprint density at radius 1 is 1.43 bits per heavy atom. The molecule has 1 unspecified atom stereocenters. The second kappa shape index (κ2) is 9.11. The van der Waals surface area contributed by atoms with Crippen molar-refractivity contribution in [2.75, 3.05) is 18.8 Å². The highest BCUT2D eigenvalue weighted by Gasteiger charge is 2.26. The third kappa shape index (κ3) is 5.22. The lowest BCUT2D eigenvalue weighted by atomic mass is 10.2. The average Bonchev–Trinajstić information content (AvgIpc) is 2.89. The first-order valence-corrected chi connectivity index (χ1v) is 8.54. The van der Waals surface area contributed by atoms with Crippen LogP contribution in [-0.4, -0.2) is 35.7 Å². The molecule has 21 heavy (non-hydrogen) atoms. The molecule has 0 aliphatic carbocycles. The molecule has 2 N–H and O–H groups in total. The molecule has 1 heterocycles. The fourth-order valence-corrected chi connectivity index (χ4v) is 3.85. The minimum atomic E-state index is 0. The zero-order valence-corrected chi connectivity index (χ0v) is 14.7. The van der Waals surface area contributed by atoms with Crippen LogP contribution in [0, 0.1) is 0 Å². The maximum absolute atomic E-state index is 12.1. The van der Waals surface area contributed by atoms with Crippen LogP contribution < -0.4 is 5.73 Å². The molecule has 1 aromatic carbocycles. The molecule has 3 nitrogen and oxygen atoms in total. The number of amides is 1. The van der Waals surface area contributed by atoms with E-state index < -0.39 is 0 Å². The Bertz CT molecular complexity index is 487. The Hall–Kier alpha value is -0.130. The van der Waals surface area contributed by atoms with Gasteiger partial charge in [-0.1, -0.05) is 29.3 Å². The molecule has 7 heteroatoms. The van der Waals surface area contributed by atoms with E-state index in [0.29, 0.717) is 28.1 Å². The molecule has 1 amide bonds. The largest absolute Gasteiger partial charge is 0.338 e. The smallest absolute Gasteiger partial charge is 0.232 e. The summed E-state index contributed by atoms with van der Waals surface area (Å²) in [7, 11) is 0. The van der Waals surface area contributed by atoms with Gasteiger partial charge in [-0.2, -0.15) is 0 Å². The Kier molecular flexibility index (Phi) is 8.21. The first kappa shape index (κ1) is 18.9. The van der Waals surface area contributed by atoms with Crippen LogP contribution >= 0.6 is 47.4 Å². The third-order valence-corrected chi connectivity index (χ3v) is 5.02.